The minimum Gasteiger partial charge on any atom is -0.507 e. The first-order valence-corrected chi connectivity index (χ1v) is 5.30. The van der Waals surface area contributed by atoms with Crippen molar-refractivity contribution in [2.45, 2.75) is 6.54 Å². The maximum absolute atomic E-state index is 13.5. The molecule has 0 radical (unpaired) electrons. The van der Waals surface area contributed by atoms with E-state index in [1.165, 1.54) is 24.1 Å². The van der Waals surface area contributed by atoms with Crippen LogP contribution in [0, 0.1) is 5.82 Å². The van der Waals surface area contributed by atoms with Crippen LogP contribution in [-0.2, 0) is 6.54 Å². The summed E-state index contributed by atoms with van der Waals surface area (Å²) in [6.45, 7) is 0.281. The van der Waals surface area contributed by atoms with Gasteiger partial charge in [-0.25, -0.2) is 4.39 Å². The third-order valence-corrected chi connectivity index (χ3v) is 2.53. The van der Waals surface area contributed by atoms with Gasteiger partial charge < -0.3 is 10.0 Å². The van der Waals surface area contributed by atoms with Crippen molar-refractivity contribution in [1.82, 2.24) is 15.1 Å². The van der Waals surface area contributed by atoms with Gasteiger partial charge in [0.05, 0.1) is 6.20 Å². The van der Waals surface area contributed by atoms with Crippen LogP contribution in [0.4, 0.5) is 4.39 Å². The minimum absolute atomic E-state index is 0.281. The summed E-state index contributed by atoms with van der Waals surface area (Å²) in [4.78, 5) is 13.3. The van der Waals surface area contributed by atoms with Gasteiger partial charge in [-0.2, -0.15) is 5.10 Å². The molecule has 0 bridgehead atoms. The quantitative estimate of drug-likeness (QED) is 0.866. The summed E-state index contributed by atoms with van der Waals surface area (Å²) in [5, 5.41) is 15.9. The lowest BCUT2D eigenvalue weighted by Crippen LogP contribution is -2.27. The molecule has 1 aromatic heterocycles. The van der Waals surface area contributed by atoms with Crippen LogP contribution in [0.3, 0.4) is 0 Å². The zero-order chi connectivity index (χ0) is 13.1. The van der Waals surface area contributed by atoms with Crippen LogP contribution >= 0.6 is 0 Å². The van der Waals surface area contributed by atoms with Crippen LogP contribution in [0.25, 0.3) is 0 Å². The van der Waals surface area contributed by atoms with Crippen molar-refractivity contribution >= 4 is 5.91 Å². The number of H-pyrrole nitrogens is 1. The van der Waals surface area contributed by atoms with Crippen LogP contribution in [-0.4, -0.2) is 33.2 Å². The second-order valence-electron chi connectivity index (χ2n) is 3.90. The third-order valence-electron chi connectivity index (χ3n) is 2.53. The number of halogens is 1. The first-order valence-electron chi connectivity index (χ1n) is 5.30. The summed E-state index contributed by atoms with van der Waals surface area (Å²) < 4.78 is 13.5. The van der Waals surface area contributed by atoms with E-state index < -0.39 is 11.7 Å². The number of rotatable bonds is 3. The number of aromatic hydroxyl groups is 1. The number of nitrogens with zero attached hydrogens (tertiary/aromatic N) is 2. The molecule has 0 atom stereocenters. The summed E-state index contributed by atoms with van der Waals surface area (Å²) in [5.74, 6) is -1.68. The normalized spacial score (nSPS) is 10.3. The van der Waals surface area contributed by atoms with Gasteiger partial charge in [-0.15, -0.1) is 0 Å². The molecule has 0 unspecified atom stereocenters. The molecule has 0 aliphatic rings. The molecule has 0 spiro atoms. The minimum atomic E-state index is -0.737. The molecule has 5 nitrogen and oxygen atoms in total. The number of phenolic OH excluding ortho intramolecular Hbond substituents is 1. The van der Waals surface area contributed by atoms with Crippen LogP contribution in [0.2, 0.25) is 0 Å². The SMILES string of the molecule is CN(Cc1cn[nH]c1)C(=O)c1c(O)cccc1F. The van der Waals surface area contributed by atoms with E-state index in [1.807, 2.05) is 0 Å². The van der Waals surface area contributed by atoms with Gasteiger partial charge in [0, 0.05) is 25.4 Å². The highest BCUT2D eigenvalue weighted by molar-refractivity contribution is 5.96. The molecular formula is C12H12FN3O2. The van der Waals surface area contributed by atoms with E-state index >= 15 is 0 Å². The number of hydrogen-bond donors (Lipinski definition) is 2. The van der Waals surface area contributed by atoms with E-state index in [-0.39, 0.29) is 17.9 Å². The fourth-order valence-corrected chi connectivity index (χ4v) is 1.63. The van der Waals surface area contributed by atoms with Crippen molar-refractivity contribution in [1.29, 1.82) is 0 Å². The number of benzene rings is 1. The second-order valence-corrected chi connectivity index (χ2v) is 3.90. The standard InChI is InChI=1S/C12H12FN3O2/c1-16(7-8-5-14-15-6-8)12(18)11-9(13)3-2-4-10(11)17/h2-6,17H,7H2,1H3,(H,14,15). The fraction of sp³-hybridized carbons (Fsp3) is 0.167. The molecule has 0 saturated carbocycles. The lowest BCUT2D eigenvalue weighted by atomic mass is 10.1. The maximum atomic E-state index is 13.5. The molecule has 0 saturated heterocycles. The molecule has 2 N–H and O–H groups in total. The Bertz CT molecular complexity index is 534. The molecule has 1 heterocycles. The van der Waals surface area contributed by atoms with Gasteiger partial charge in [0.2, 0.25) is 0 Å². The average molecular weight is 249 g/mol. The van der Waals surface area contributed by atoms with Crippen LogP contribution < -0.4 is 0 Å². The van der Waals surface area contributed by atoms with Gasteiger partial charge in [-0.1, -0.05) is 6.07 Å². The first-order chi connectivity index (χ1) is 8.59. The zero-order valence-corrected chi connectivity index (χ0v) is 9.72. The summed E-state index contributed by atoms with van der Waals surface area (Å²) in [7, 11) is 1.53. The molecule has 6 heteroatoms. The number of nitrogens with one attached hydrogen (secondary N) is 1. The van der Waals surface area contributed by atoms with Gasteiger partial charge in [0.1, 0.15) is 17.1 Å². The Morgan fingerprint density at radius 3 is 2.94 bits per heavy atom. The Morgan fingerprint density at radius 2 is 2.33 bits per heavy atom. The number of hydrogen-bond acceptors (Lipinski definition) is 3. The number of aromatic nitrogens is 2. The van der Waals surface area contributed by atoms with E-state index in [2.05, 4.69) is 10.2 Å². The average Bonchev–Trinajstić information content (AvgIpc) is 2.81. The van der Waals surface area contributed by atoms with Gasteiger partial charge >= 0.3 is 0 Å². The van der Waals surface area contributed by atoms with Gasteiger partial charge in [-0.05, 0) is 12.1 Å². The smallest absolute Gasteiger partial charge is 0.260 e. The highest BCUT2D eigenvalue weighted by Gasteiger charge is 2.20. The van der Waals surface area contributed by atoms with Crippen molar-refractivity contribution in [2.24, 2.45) is 0 Å². The zero-order valence-electron chi connectivity index (χ0n) is 9.72. The Morgan fingerprint density at radius 1 is 1.56 bits per heavy atom. The molecule has 2 aromatic rings. The number of carbonyl (C=O) groups excluding carboxylic acids is 1. The summed E-state index contributed by atoms with van der Waals surface area (Å²) in [6, 6.07) is 3.76. The predicted molar refractivity (Wildman–Crippen MR) is 62.5 cm³/mol. The van der Waals surface area contributed by atoms with E-state index in [1.54, 1.807) is 12.4 Å². The predicted octanol–water partition coefficient (Wildman–Crippen LogP) is 1.53. The number of carbonyl (C=O) groups is 1. The Balaban J connectivity index is 2.21. The number of amides is 1. The summed E-state index contributed by atoms with van der Waals surface area (Å²) in [6.07, 6.45) is 3.22. The van der Waals surface area contributed by atoms with Crippen LogP contribution in [0.5, 0.6) is 5.75 Å². The Hall–Kier alpha value is -2.37. The molecular weight excluding hydrogens is 237 g/mol. The number of aromatic amines is 1. The monoisotopic (exact) mass is 249 g/mol. The van der Waals surface area contributed by atoms with Crippen LogP contribution in [0.1, 0.15) is 15.9 Å². The molecule has 1 amide bonds. The van der Waals surface area contributed by atoms with Crippen molar-refractivity contribution in [3.8, 4) is 5.75 Å². The van der Waals surface area contributed by atoms with E-state index in [0.29, 0.717) is 0 Å². The summed E-state index contributed by atoms with van der Waals surface area (Å²) in [5.41, 5.74) is 0.477. The molecule has 18 heavy (non-hydrogen) atoms. The van der Waals surface area contributed by atoms with Crippen molar-refractivity contribution in [3.05, 3.63) is 47.5 Å². The molecule has 0 fully saturated rings. The Kier molecular flexibility index (Phi) is 3.27. The third kappa shape index (κ3) is 2.32. The topological polar surface area (TPSA) is 69.2 Å². The molecule has 0 aliphatic heterocycles. The lowest BCUT2D eigenvalue weighted by molar-refractivity contribution is 0.0777. The highest BCUT2D eigenvalue weighted by Crippen LogP contribution is 2.21. The molecule has 0 aliphatic carbocycles. The highest BCUT2D eigenvalue weighted by atomic mass is 19.1. The van der Waals surface area contributed by atoms with Gasteiger partial charge in [0.15, 0.2) is 0 Å². The van der Waals surface area contributed by atoms with Crippen molar-refractivity contribution in [3.63, 3.8) is 0 Å². The number of phenols is 1. The molecule has 94 valence electrons. The molecule has 1 aromatic carbocycles. The van der Waals surface area contributed by atoms with E-state index in [9.17, 15) is 14.3 Å². The summed E-state index contributed by atoms with van der Waals surface area (Å²) >= 11 is 0. The Labute approximate surface area is 103 Å². The second kappa shape index (κ2) is 4.87. The van der Waals surface area contributed by atoms with Crippen LogP contribution in [0.15, 0.2) is 30.6 Å². The van der Waals surface area contributed by atoms with Gasteiger partial charge in [0.25, 0.3) is 5.91 Å². The largest absolute Gasteiger partial charge is 0.507 e. The van der Waals surface area contributed by atoms with Crippen molar-refractivity contribution < 1.29 is 14.3 Å². The van der Waals surface area contributed by atoms with Crippen molar-refractivity contribution in [2.75, 3.05) is 7.05 Å². The first kappa shape index (κ1) is 12.1. The molecule has 2 rings (SSSR count). The van der Waals surface area contributed by atoms with E-state index in [0.717, 1.165) is 11.6 Å². The fourth-order valence-electron chi connectivity index (χ4n) is 1.63. The van der Waals surface area contributed by atoms with Gasteiger partial charge in [-0.3, -0.25) is 9.89 Å². The maximum Gasteiger partial charge on any atom is 0.260 e. The van der Waals surface area contributed by atoms with E-state index in [4.69, 9.17) is 0 Å². The lowest BCUT2D eigenvalue weighted by Gasteiger charge is -2.17.